The van der Waals surface area contributed by atoms with Crippen LogP contribution in [0.1, 0.15) is 100 Å². The molecule has 0 aromatic rings. The molecule has 0 radical (unpaired) electrons. The van der Waals surface area contributed by atoms with Crippen LogP contribution in [-0.2, 0) is 4.43 Å². The molecule has 1 spiro atoms. The van der Waals surface area contributed by atoms with Crippen molar-refractivity contribution in [2.24, 2.45) is 34.5 Å². The van der Waals surface area contributed by atoms with E-state index in [9.17, 15) is 10.2 Å². The highest BCUT2D eigenvalue weighted by molar-refractivity contribution is 6.77. The van der Waals surface area contributed by atoms with Crippen LogP contribution in [0.5, 0.6) is 0 Å². The zero-order valence-electron chi connectivity index (χ0n) is 21.5. The Balaban J connectivity index is 1.63. The van der Waals surface area contributed by atoms with Crippen LogP contribution in [0.15, 0.2) is 0 Å². The van der Waals surface area contributed by atoms with Gasteiger partial charge in [-0.2, -0.15) is 0 Å². The molecule has 0 aliphatic heterocycles. The Morgan fingerprint density at radius 3 is 2.06 bits per heavy atom. The molecule has 4 aliphatic rings. The number of rotatable bonds is 5. The van der Waals surface area contributed by atoms with Gasteiger partial charge >= 0.3 is 0 Å². The molecule has 0 aromatic carbocycles. The van der Waals surface area contributed by atoms with E-state index in [1.807, 2.05) is 0 Å². The lowest BCUT2D eigenvalue weighted by molar-refractivity contribution is -0.207. The molecule has 0 aromatic heterocycles. The van der Waals surface area contributed by atoms with Gasteiger partial charge in [-0.25, -0.2) is 0 Å². The molecule has 4 saturated carbocycles. The molecule has 2 N–H and O–H groups in total. The van der Waals surface area contributed by atoms with Gasteiger partial charge in [-0.15, -0.1) is 0 Å². The highest BCUT2D eigenvalue weighted by Gasteiger charge is 2.70. The number of aliphatic hydroxyl groups excluding tert-OH is 2. The maximum absolute atomic E-state index is 11.5. The fourth-order valence-electron chi connectivity index (χ4n) is 10.2. The van der Waals surface area contributed by atoms with E-state index in [2.05, 4.69) is 55.4 Å². The Morgan fingerprint density at radius 2 is 1.48 bits per heavy atom. The van der Waals surface area contributed by atoms with Gasteiger partial charge in [-0.1, -0.05) is 55.4 Å². The van der Waals surface area contributed by atoms with Crippen LogP contribution < -0.4 is 0 Å². The Bertz CT molecular complexity index is 637. The van der Waals surface area contributed by atoms with Crippen molar-refractivity contribution < 1.29 is 14.6 Å². The number of aliphatic hydroxyl groups is 2. The van der Waals surface area contributed by atoms with Crippen LogP contribution in [0.3, 0.4) is 0 Å². The molecule has 1 unspecified atom stereocenters. The first-order valence-electron chi connectivity index (χ1n) is 13.5. The summed E-state index contributed by atoms with van der Waals surface area (Å²) in [6.45, 7) is 19.4. The Morgan fingerprint density at radius 1 is 0.871 bits per heavy atom. The number of fused-ring (bicyclic) bond motifs is 2. The second kappa shape index (κ2) is 8.10. The summed E-state index contributed by atoms with van der Waals surface area (Å²) in [6.07, 6.45) is 7.55. The van der Waals surface area contributed by atoms with Gasteiger partial charge in [-0.3, -0.25) is 0 Å². The van der Waals surface area contributed by atoms with Gasteiger partial charge in [0.05, 0.1) is 12.2 Å². The van der Waals surface area contributed by atoms with Crippen molar-refractivity contribution >= 4 is 8.32 Å². The van der Waals surface area contributed by atoms with Crippen LogP contribution in [0.2, 0.25) is 16.6 Å². The smallest absolute Gasteiger partial charge is 0.200 e. The minimum atomic E-state index is -1.90. The van der Waals surface area contributed by atoms with Gasteiger partial charge < -0.3 is 14.6 Å². The Labute approximate surface area is 192 Å². The fourth-order valence-corrected chi connectivity index (χ4v) is 15.9. The summed E-state index contributed by atoms with van der Waals surface area (Å²) in [5, 5.41) is 22.1. The molecule has 3 nitrogen and oxygen atoms in total. The van der Waals surface area contributed by atoms with E-state index in [1.165, 1.54) is 19.3 Å². The molecule has 0 amide bonds. The highest BCUT2D eigenvalue weighted by atomic mass is 28.4. The van der Waals surface area contributed by atoms with Gasteiger partial charge in [0.25, 0.3) is 0 Å². The van der Waals surface area contributed by atoms with E-state index in [4.69, 9.17) is 4.43 Å². The number of hydrogen-bond acceptors (Lipinski definition) is 3. The van der Waals surface area contributed by atoms with Crippen molar-refractivity contribution in [1.29, 1.82) is 0 Å². The van der Waals surface area contributed by atoms with Crippen LogP contribution in [0, 0.1) is 34.5 Å². The van der Waals surface area contributed by atoms with E-state index in [0.717, 1.165) is 25.7 Å². The van der Waals surface area contributed by atoms with Gasteiger partial charge in [0.1, 0.15) is 0 Å². The standard InChI is InChI=1S/C27H50O3Si/c1-16(2)31(17(3)4,18(5)6)30-24-12-13-26(8)22(19(24)7)10-9-20-15-21-23(28)11-14-27(20,26)25(21)29/h16-25,28-29H,9-15H2,1-8H3/t19-,20+,21-,22-,23?,24-,25+,26-,27+/m0/s1. The van der Waals surface area contributed by atoms with Crippen LogP contribution in [-0.4, -0.2) is 36.8 Å². The summed E-state index contributed by atoms with van der Waals surface area (Å²) in [4.78, 5) is 0. The second-order valence-corrected chi connectivity index (χ2v) is 18.6. The average molecular weight is 451 g/mol. The summed E-state index contributed by atoms with van der Waals surface area (Å²) in [6, 6.07) is 0. The summed E-state index contributed by atoms with van der Waals surface area (Å²) < 4.78 is 7.36. The molecule has 4 fully saturated rings. The molecule has 9 atom stereocenters. The van der Waals surface area contributed by atoms with E-state index in [0.29, 0.717) is 40.5 Å². The van der Waals surface area contributed by atoms with Crippen LogP contribution >= 0.6 is 0 Å². The van der Waals surface area contributed by atoms with Gasteiger partial charge in [0.15, 0.2) is 0 Å². The first-order chi connectivity index (χ1) is 14.4. The lowest BCUT2D eigenvalue weighted by Gasteiger charge is -2.65. The molecular weight excluding hydrogens is 400 g/mol. The zero-order valence-corrected chi connectivity index (χ0v) is 22.5. The molecule has 4 aliphatic carbocycles. The van der Waals surface area contributed by atoms with Gasteiger partial charge in [-0.05, 0) is 84.7 Å². The van der Waals surface area contributed by atoms with Crippen molar-refractivity contribution in [3.8, 4) is 0 Å². The van der Waals surface area contributed by atoms with E-state index in [1.54, 1.807) is 0 Å². The summed E-state index contributed by atoms with van der Waals surface area (Å²) in [5.74, 6) is 1.90. The lowest BCUT2D eigenvalue weighted by atomic mass is 9.41. The van der Waals surface area contributed by atoms with Gasteiger partial charge in [0.2, 0.25) is 8.32 Å². The third-order valence-corrected chi connectivity index (χ3v) is 17.6. The van der Waals surface area contributed by atoms with E-state index in [-0.39, 0.29) is 29.0 Å². The average Bonchev–Trinajstić information content (AvgIpc) is 2.88. The molecule has 4 rings (SSSR count). The predicted octanol–water partition coefficient (Wildman–Crippen LogP) is 6.53. The van der Waals surface area contributed by atoms with Crippen LogP contribution in [0.4, 0.5) is 0 Å². The topological polar surface area (TPSA) is 49.7 Å². The molecule has 0 heterocycles. The minimum absolute atomic E-state index is 0.0295. The van der Waals surface area contributed by atoms with E-state index < -0.39 is 8.32 Å². The maximum Gasteiger partial charge on any atom is 0.200 e. The van der Waals surface area contributed by atoms with E-state index >= 15 is 0 Å². The van der Waals surface area contributed by atoms with Gasteiger partial charge in [0, 0.05) is 17.4 Å². The van der Waals surface area contributed by atoms with Crippen molar-refractivity contribution in [3.05, 3.63) is 0 Å². The minimum Gasteiger partial charge on any atom is -0.413 e. The molecule has 4 heteroatoms. The van der Waals surface area contributed by atoms with Crippen LogP contribution in [0.25, 0.3) is 0 Å². The third-order valence-electron chi connectivity index (χ3n) is 11.5. The lowest BCUT2D eigenvalue weighted by Crippen LogP contribution is -2.63. The molecule has 2 bridgehead atoms. The monoisotopic (exact) mass is 450 g/mol. The highest BCUT2D eigenvalue weighted by Crippen LogP contribution is 2.73. The molecule has 180 valence electrons. The third kappa shape index (κ3) is 3.13. The van der Waals surface area contributed by atoms with Crippen molar-refractivity contribution in [1.82, 2.24) is 0 Å². The second-order valence-electron chi connectivity index (χ2n) is 13.2. The van der Waals surface area contributed by atoms with Crippen molar-refractivity contribution in [2.45, 2.75) is 135 Å². The predicted molar refractivity (Wildman–Crippen MR) is 130 cm³/mol. The zero-order chi connectivity index (χ0) is 22.9. The largest absolute Gasteiger partial charge is 0.413 e. The fraction of sp³-hybridized carbons (Fsp3) is 1.00. The summed E-state index contributed by atoms with van der Waals surface area (Å²) in [5.41, 5.74) is 2.09. The molecular formula is C27H50O3Si. The Hall–Kier alpha value is 0.0969. The van der Waals surface area contributed by atoms with Crippen molar-refractivity contribution in [2.75, 3.05) is 0 Å². The number of hydrogen-bond donors (Lipinski definition) is 2. The maximum atomic E-state index is 11.5. The first-order valence-corrected chi connectivity index (χ1v) is 15.6. The summed E-state index contributed by atoms with van der Waals surface area (Å²) in [7, 11) is -1.90. The quantitative estimate of drug-likeness (QED) is 0.468. The molecule has 31 heavy (non-hydrogen) atoms. The summed E-state index contributed by atoms with van der Waals surface area (Å²) >= 11 is 0. The van der Waals surface area contributed by atoms with Crippen molar-refractivity contribution in [3.63, 3.8) is 0 Å². The Kier molecular flexibility index (Phi) is 6.33. The SMILES string of the molecule is CC(C)[Si](O[C@H]1CC[C@@]2(C)[C@@H](CC[C@@H]3C[C@H]4C(O)CC[C@]32[C@@H]4O)[C@@H]1C)(C(C)C)C(C)C. The first kappa shape index (κ1) is 24.2. The normalized spacial score (nSPS) is 47.7. The molecule has 0 saturated heterocycles.